The van der Waals surface area contributed by atoms with Crippen molar-refractivity contribution < 1.29 is 0 Å². The largest absolute Gasteiger partial charge is 0.306 e. The van der Waals surface area contributed by atoms with Gasteiger partial charge in [0.15, 0.2) is 0 Å². The summed E-state index contributed by atoms with van der Waals surface area (Å²) in [5.41, 5.74) is 2.83. The van der Waals surface area contributed by atoms with E-state index in [0.717, 1.165) is 13.0 Å². The Morgan fingerprint density at radius 1 is 1.24 bits per heavy atom. The molecular weight excluding hydrogens is 246 g/mol. The van der Waals surface area contributed by atoms with Gasteiger partial charge in [-0.3, -0.25) is 0 Å². The Bertz CT molecular complexity index is 470. The van der Waals surface area contributed by atoms with Crippen LogP contribution in [-0.4, -0.2) is 6.54 Å². The summed E-state index contributed by atoms with van der Waals surface area (Å²) in [6, 6.07) is 4.90. The SMILES string of the molecule is CCNC(c1ccc(CC)s1)c1cscc1C. The highest BCUT2D eigenvalue weighted by molar-refractivity contribution is 7.12. The summed E-state index contributed by atoms with van der Waals surface area (Å²) < 4.78 is 0. The first-order chi connectivity index (χ1) is 8.26. The molecule has 0 spiro atoms. The molecule has 0 saturated heterocycles. The van der Waals surface area contributed by atoms with E-state index in [1.807, 2.05) is 11.3 Å². The normalized spacial score (nSPS) is 12.9. The van der Waals surface area contributed by atoms with Crippen LogP contribution < -0.4 is 5.32 Å². The van der Waals surface area contributed by atoms with Gasteiger partial charge in [-0.05, 0) is 53.9 Å². The molecule has 92 valence electrons. The van der Waals surface area contributed by atoms with E-state index in [9.17, 15) is 0 Å². The van der Waals surface area contributed by atoms with Crippen LogP contribution in [0, 0.1) is 6.92 Å². The third-order valence-corrected chi connectivity index (χ3v) is 5.10. The van der Waals surface area contributed by atoms with Gasteiger partial charge in [0.1, 0.15) is 0 Å². The van der Waals surface area contributed by atoms with Crippen LogP contribution in [0.25, 0.3) is 0 Å². The minimum atomic E-state index is 0.372. The maximum atomic E-state index is 3.60. The smallest absolute Gasteiger partial charge is 0.0681 e. The van der Waals surface area contributed by atoms with Gasteiger partial charge in [-0.2, -0.15) is 11.3 Å². The summed E-state index contributed by atoms with van der Waals surface area (Å²) in [5, 5.41) is 8.10. The van der Waals surface area contributed by atoms with Crippen LogP contribution in [0.15, 0.2) is 22.9 Å². The highest BCUT2D eigenvalue weighted by Gasteiger charge is 2.17. The monoisotopic (exact) mass is 265 g/mol. The van der Waals surface area contributed by atoms with Crippen molar-refractivity contribution >= 4 is 22.7 Å². The Balaban J connectivity index is 2.32. The molecule has 0 radical (unpaired) electrons. The van der Waals surface area contributed by atoms with Gasteiger partial charge < -0.3 is 5.32 Å². The minimum absolute atomic E-state index is 0.372. The second kappa shape index (κ2) is 5.80. The lowest BCUT2D eigenvalue weighted by Gasteiger charge is -2.16. The molecule has 2 rings (SSSR count). The Morgan fingerprint density at radius 3 is 2.59 bits per heavy atom. The molecule has 2 aromatic rings. The van der Waals surface area contributed by atoms with Crippen LogP contribution in [-0.2, 0) is 6.42 Å². The molecule has 0 aliphatic rings. The zero-order valence-electron chi connectivity index (χ0n) is 10.6. The number of thiophene rings is 2. The van der Waals surface area contributed by atoms with Crippen molar-refractivity contribution in [1.29, 1.82) is 0 Å². The zero-order chi connectivity index (χ0) is 12.3. The second-order valence-corrected chi connectivity index (χ2v) is 6.10. The summed E-state index contributed by atoms with van der Waals surface area (Å²) in [5.74, 6) is 0. The van der Waals surface area contributed by atoms with Crippen molar-refractivity contribution in [1.82, 2.24) is 5.32 Å². The van der Waals surface area contributed by atoms with Crippen molar-refractivity contribution in [2.75, 3.05) is 6.54 Å². The lowest BCUT2D eigenvalue weighted by Crippen LogP contribution is -2.21. The molecule has 2 heterocycles. The van der Waals surface area contributed by atoms with Gasteiger partial charge in [0.05, 0.1) is 6.04 Å². The van der Waals surface area contributed by atoms with E-state index in [1.165, 1.54) is 20.9 Å². The van der Waals surface area contributed by atoms with Crippen molar-refractivity contribution in [2.24, 2.45) is 0 Å². The highest BCUT2D eigenvalue weighted by Crippen LogP contribution is 2.32. The highest BCUT2D eigenvalue weighted by atomic mass is 32.1. The standard InChI is InChI=1S/C14H19NS2/c1-4-11-6-7-13(17-11)14(15-5-2)12-9-16-8-10(12)3/h6-9,14-15H,4-5H2,1-3H3. The van der Waals surface area contributed by atoms with E-state index in [-0.39, 0.29) is 0 Å². The number of aryl methyl sites for hydroxylation is 2. The predicted octanol–water partition coefficient (Wildman–Crippen LogP) is 4.38. The summed E-state index contributed by atoms with van der Waals surface area (Å²) in [7, 11) is 0. The van der Waals surface area contributed by atoms with Crippen LogP contribution >= 0.6 is 22.7 Å². The van der Waals surface area contributed by atoms with Crippen LogP contribution in [0.1, 0.15) is 40.8 Å². The molecule has 2 aromatic heterocycles. The quantitative estimate of drug-likeness (QED) is 0.846. The van der Waals surface area contributed by atoms with E-state index in [4.69, 9.17) is 0 Å². The van der Waals surface area contributed by atoms with Gasteiger partial charge in [-0.1, -0.05) is 13.8 Å². The molecule has 0 saturated carbocycles. The molecule has 0 bridgehead atoms. The van der Waals surface area contributed by atoms with Crippen molar-refractivity contribution in [3.8, 4) is 0 Å². The fourth-order valence-electron chi connectivity index (χ4n) is 1.97. The van der Waals surface area contributed by atoms with Crippen LogP contribution in [0.5, 0.6) is 0 Å². The number of hydrogen-bond donors (Lipinski definition) is 1. The first-order valence-corrected chi connectivity index (χ1v) is 7.86. The lowest BCUT2D eigenvalue weighted by atomic mass is 10.1. The van der Waals surface area contributed by atoms with Crippen LogP contribution in [0.3, 0.4) is 0 Å². The molecule has 0 aromatic carbocycles. The first-order valence-electron chi connectivity index (χ1n) is 6.11. The van der Waals surface area contributed by atoms with E-state index in [2.05, 4.69) is 49.0 Å². The van der Waals surface area contributed by atoms with Crippen LogP contribution in [0.2, 0.25) is 0 Å². The molecule has 17 heavy (non-hydrogen) atoms. The summed E-state index contributed by atoms with van der Waals surface area (Å²) in [6.07, 6.45) is 1.13. The molecule has 0 amide bonds. The van der Waals surface area contributed by atoms with E-state index >= 15 is 0 Å². The maximum Gasteiger partial charge on any atom is 0.0681 e. The van der Waals surface area contributed by atoms with Crippen molar-refractivity contribution in [2.45, 2.75) is 33.2 Å². The molecule has 3 heteroatoms. The Hall–Kier alpha value is -0.640. The second-order valence-electron chi connectivity index (χ2n) is 4.16. The summed E-state index contributed by atoms with van der Waals surface area (Å²) in [4.78, 5) is 2.90. The fourth-order valence-corrected chi connectivity index (χ4v) is 3.90. The van der Waals surface area contributed by atoms with Crippen molar-refractivity contribution in [3.63, 3.8) is 0 Å². The predicted molar refractivity (Wildman–Crippen MR) is 78.3 cm³/mol. The maximum absolute atomic E-state index is 3.60. The Morgan fingerprint density at radius 2 is 2.06 bits per heavy atom. The molecule has 0 aliphatic carbocycles. The Kier molecular flexibility index (Phi) is 4.37. The molecule has 1 nitrogen and oxygen atoms in total. The van der Waals surface area contributed by atoms with Crippen LogP contribution in [0.4, 0.5) is 0 Å². The topological polar surface area (TPSA) is 12.0 Å². The van der Waals surface area contributed by atoms with Gasteiger partial charge in [-0.25, -0.2) is 0 Å². The number of rotatable bonds is 5. The number of hydrogen-bond acceptors (Lipinski definition) is 3. The summed E-state index contributed by atoms with van der Waals surface area (Å²) in [6.45, 7) is 7.58. The first kappa shape index (κ1) is 12.8. The number of nitrogens with one attached hydrogen (secondary N) is 1. The summed E-state index contributed by atoms with van der Waals surface area (Å²) >= 11 is 3.72. The molecule has 0 fully saturated rings. The molecule has 1 atom stereocenters. The van der Waals surface area contributed by atoms with Gasteiger partial charge in [0.25, 0.3) is 0 Å². The lowest BCUT2D eigenvalue weighted by molar-refractivity contribution is 0.639. The van der Waals surface area contributed by atoms with Gasteiger partial charge in [-0.15, -0.1) is 11.3 Å². The third-order valence-electron chi connectivity index (χ3n) is 2.93. The van der Waals surface area contributed by atoms with Crippen molar-refractivity contribution in [3.05, 3.63) is 43.8 Å². The van der Waals surface area contributed by atoms with E-state index < -0.39 is 0 Å². The average Bonchev–Trinajstić information content (AvgIpc) is 2.95. The third kappa shape index (κ3) is 2.79. The van der Waals surface area contributed by atoms with Gasteiger partial charge in [0.2, 0.25) is 0 Å². The Labute approximate surface area is 112 Å². The van der Waals surface area contributed by atoms with Gasteiger partial charge >= 0.3 is 0 Å². The zero-order valence-corrected chi connectivity index (χ0v) is 12.3. The molecular formula is C14H19NS2. The van der Waals surface area contributed by atoms with E-state index in [1.54, 1.807) is 11.3 Å². The van der Waals surface area contributed by atoms with E-state index in [0.29, 0.717) is 6.04 Å². The molecule has 1 N–H and O–H groups in total. The average molecular weight is 265 g/mol. The fraction of sp³-hybridized carbons (Fsp3) is 0.429. The van der Waals surface area contributed by atoms with Gasteiger partial charge in [0, 0.05) is 9.75 Å². The molecule has 0 aliphatic heterocycles. The molecule has 1 unspecified atom stereocenters. The minimum Gasteiger partial charge on any atom is -0.306 e.